The Labute approximate surface area is 305 Å². The molecule has 4 aromatic carbocycles. The summed E-state index contributed by atoms with van der Waals surface area (Å²) in [6.45, 7) is 11.7. The second kappa shape index (κ2) is 14.7. The zero-order valence-electron chi connectivity index (χ0n) is 30.0. The van der Waals surface area contributed by atoms with Crippen LogP contribution < -0.4 is 25.9 Å². The fourth-order valence-electron chi connectivity index (χ4n) is 6.32. The van der Waals surface area contributed by atoms with Crippen LogP contribution in [0.3, 0.4) is 0 Å². The molecule has 0 spiro atoms. The minimum Gasteiger partial charge on any atom is -0.512 e. The summed E-state index contributed by atoms with van der Waals surface area (Å²) in [6, 6.07) is 31.9. The van der Waals surface area contributed by atoms with Crippen molar-refractivity contribution in [2.75, 3.05) is 0 Å². The van der Waals surface area contributed by atoms with Gasteiger partial charge in [-0.3, -0.25) is 4.79 Å². The maximum Gasteiger partial charge on any atom is 0.241 e. The van der Waals surface area contributed by atoms with E-state index in [2.05, 4.69) is 42.5 Å². The van der Waals surface area contributed by atoms with Gasteiger partial charge >= 0.3 is 0 Å². The molecule has 0 saturated carbocycles. The van der Waals surface area contributed by atoms with Gasteiger partial charge in [-0.25, -0.2) is 0 Å². The summed E-state index contributed by atoms with van der Waals surface area (Å²) in [7, 11) is 0. The second-order valence-electron chi connectivity index (χ2n) is 13.2. The van der Waals surface area contributed by atoms with Gasteiger partial charge in [0.25, 0.3) is 0 Å². The zero-order chi connectivity index (χ0) is 34.9. The van der Waals surface area contributed by atoms with Gasteiger partial charge in [0.05, 0.1) is 1.37 Å². The van der Waals surface area contributed by atoms with Crippen molar-refractivity contribution in [3.63, 3.8) is 0 Å². The summed E-state index contributed by atoms with van der Waals surface area (Å²) in [5.74, 6) is 3.10. The Kier molecular flexibility index (Phi) is 10.4. The van der Waals surface area contributed by atoms with E-state index in [-0.39, 0.29) is 44.4 Å². The number of ether oxygens (including phenoxy) is 2. The number of hydrogen-bond acceptors (Lipinski definition) is 5. The summed E-state index contributed by atoms with van der Waals surface area (Å²) >= 11 is 0. The molecule has 1 N–H and O–H groups in total. The molecule has 5 aromatic rings. The standard InChI is InChI=1S/C27H15BNO2.C15H28O2.Ir/c1-2-8-18-16-29-22(15-17(18)7-1)19-9-5-11-21-27(19)31-25-14-6-13-24-26(25)28(21)20-10-3-4-12-23(20)30-24;1-7-14(5,8-2)12(16)11-13(17)15(6,9-3)10-4;/h1-8,10-16H;11,16H,7-10H2,1-6H3;/q-1;;/b;12-11-;/i;11D;. The van der Waals surface area contributed by atoms with Crippen LogP contribution in [0, 0.1) is 16.9 Å². The van der Waals surface area contributed by atoms with Crippen LogP contribution in [0.4, 0.5) is 0 Å². The molecule has 3 heterocycles. The number of pyridine rings is 1. The number of aromatic nitrogens is 1. The van der Waals surface area contributed by atoms with Gasteiger partial charge in [-0.1, -0.05) is 102 Å². The summed E-state index contributed by atoms with van der Waals surface area (Å²) in [6.07, 6.45) is 4.73. The van der Waals surface area contributed by atoms with E-state index in [0.717, 1.165) is 74.3 Å². The van der Waals surface area contributed by atoms with Gasteiger partial charge in [-0.05, 0) is 65.8 Å². The van der Waals surface area contributed by atoms with E-state index in [1.807, 2.05) is 96.3 Å². The maximum absolute atomic E-state index is 12.3. The average molecular weight is 830 g/mol. The van der Waals surface area contributed by atoms with Crippen molar-refractivity contribution < 1.29 is 40.9 Å². The number of para-hydroxylation sites is 1. The number of benzene rings is 4. The van der Waals surface area contributed by atoms with E-state index < -0.39 is 10.8 Å². The first-order chi connectivity index (χ1) is 23.6. The van der Waals surface area contributed by atoms with Crippen LogP contribution in [0.25, 0.3) is 22.0 Å². The summed E-state index contributed by atoms with van der Waals surface area (Å²) in [5, 5.41) is 12.5. The van der Waals surface area contributed by atoms with Gasteiger partial charge in [0.15, 0.2) is 5.78 Å². The van der Waals surface area contributed by atoms with Gasteiger partial charge in [0.1, 0.15) is 23.0 Å². The van der Waals surface area contributed by atoms with Gasteiger partial charge in [-0.15, -0.1) is 23.7 Å². The Hall–Kier alpha value is -4.19. The van der Waals surface area contributed by atoms with Crippen molar-refractivity contribution in [2.24, 2.45) is 10.8 Å². The molecule has 0 saturated heterocycles. The van der Waals surface area contributed by atoms with Crippen LogP contribution in [0.2, 0.25) is 0 Å². The topological polar surface area (TPSA) is 68.7 Å². The zero-order valence-corrected chi connectivity index (χ0v) is 31.4. The fraction of sp³-hybridized carbons (Fsp3) is 0.286. The third-order valence-electron chi connectivity index (χ3n) is 10.6. The predicted octanol–water partition coefficient (Wildman–Crippen LogP) is 9.08. The van der Waals surface area contributed by atoms with Crippen LogP contribution in [0.15, 0.2) is 103 Å². The summed E-state index contributed by atoms with van der Waals surface area (Å²) < 4.78 is 20.7. The quantitative estimate of drug-likeness (QED) is 0.0717. The smallest absolute Gasteiger partial charge is 0.241 e. The monoisotopic (exact) mass is 830 g/mol. The van der Waals surface area contributed by atoms with Crippen LogP contribution in [-0.4, -0.2) is 22.6 Å². The van der Waals surface area contributed by atoms with Gasteiger partial charge in [0, 0.05) is 54.4 Å². The molecule has 0 fully saturated rings. The molecular weight excluding hydrogens is 785 g/mol. The first kappa shape index (κ1) is 34.7. The molecule has 0 amide bonds. The molecule has 2 aliphatic rings. The van der Waals surface area contributed by atoms with Crippen molar-refractivity contribution in [3.8, 4) is 34.3 Å². The summed E-state index contributed by atoms with van der Waals surface area (Å²) in [5.41, 5.74) is 4.08. The molecule has 0 aliphatic carbocycles. The van der Waals surface area contributed by atoms with Crippen LogP contribution in [0.5, 0.6) is 23.0 Å². The molecule has 0 unspecified atom stereocenters. The molecular formula is C42H43BIrNO4-. The van der Waals surface area contributed by atoms with E-state index in [1.54, 1.807) is 0 Å². The molecule has 2 aliphatic heterocycles. The SMILES string of the molecule is [2H]/C(C(=O)C(C)(CC)CC)=C(/O)C(C)(CC)CC.[Ir].[c-]1ccc2c(c1-c1cc3ccccc3cn1)Oc1cccc3c1B2c1ccccc1O3. The van der Waals surface area contributed by atoms with E-state index in [4.69, 9.17) is 15.8 Å². The number of aliphatic hydroxyl groups is 1. The number of rotatable bonds is 8. The van der Waals surface area contributed by atoms with Crippen molar-refractivity contribution in [3.05, 3.63) is 109 Å². The van der Waals surface area contributed by atoms with Crippen molar-refractivity contribution in [1.82, 2.24) is 4.98 Å². The van der Waals surface area contributed by atoms with Crippen molar-refractivity contribution in [2.45, 2.75) is 67.2 Å². The Morgan fingerprint density at radius 3 is 2.14 bits per heavy atom. The first-order valence-electron chi connectivity index (χ1n) is 17.5. The molecule has 253 valence electrons. The number of ketones is 1. The minimum atomic E-state index is -0.534. The van der Waals surface area contributed by atoms with E-state index in [9.17, 15) is 9.90 Å². The largest absolute Gasteiger partial charge is 0.512 e. The minimum absolute atomic E-state index is 0. The molecule has 49 heavy (non-hydrogen) atoms. The number of nitrogens with zero attached hydrogens (tertiary/aromatic N) is 1. The molecule has 1 radical (unpaired) electrons. The van der Waals surface area contributed by atoms with Crippen LogP contribution >= 0.6 is 0 Å². The number of hydrogen-bond donors (Lipinski definition) is 1. The van der Waals surface area contributed by atoms with Crippen molar-refractivity contribution in [1.29, 1.82) is 0 Å². The molecule has 0 bridgehead atoms. The number of allylic oxidation sites excluding steroid dienone is 2. The summed E-state index contributed by atoms with van der Waals surface area (Å²) in [4.78, 5) is 17.1. The Morgan fingerprint density at radius 1 is 0.837 bits per heavy atom. The molecule has 5 nitrogen and oxygen atoms in total. The third kappa shape index (κ3) is 6.71. The number of aliphatic hydroxyl groups excluding tert-OH is 1. The Bertz CT molecular complexity index is 2070. The van der Waals surface area contributed by atoms with Gasteiger partial charge < -0.3 is 19.6 Å². The van der Waals surface area contributed by atoms with Gasteiger partial charge in [0.2, 0.25) is 6.71 Å². The molecule has 1 aromatic heterocycles. The number of carbonyl (C=O) groups excluding carboxylic acids is 1. The van der Waals surface area contributed by atoms with E-state index in [1.165, 1.54) is 0 Å². The fourth-order valence-corrected chi connectivity index (χ4v) is 6.32. The molecule has 7 heteroatoms. The van der Waals surface area contributed by atoms with Crippen LogP contribution in [0.1, 0.15) is 68.6 Å². The van der Waals surface area contributed by atoms with E-state index in [0.29, 0.717) is 12.8 Å². The molecule has 0 atom stereocenters. The van der Waals surface area contributed by atoms with Gasteiger partial charge in [-0.2, -0.15) is 0 Å². The number of carbonyl (C=O) groups is 1. The Morgan fingerprint density at radius 2 is 1.45 bits per heavy atom. The number of fused-ring (bicyclic) bond motifs is 5. The third-order valence-corrected chi connectivity index (χ3v) is 10.6. The van der Waals surface area contributed by atoms with Crippen LogP contribution in [-0.2, 0) is 24.9 Å². The second-order valence-corrected chi connectivity index (χ2v) is 13.2. The Balaban J connectivity index is 0.000000223. The molecule has 7 rings (SSSR count). The average Bonchev–Trinajstić information content (AvgIpc) is 3.16. The predicted molar refractivity (Wildman–Crippen MR) is 197 cm³/mol. The normalized spacial score (nSPS) is 13.5. The maximum atomic E-state index is 12.3. The van der Waals surface area contributed by atoms with E-state index >= 15 is 0 Å². The first-order valence-corrected chi connectivity index (χ1v) is 17.0. The van der Waals surface area contributed by atoms with Crippen molar-refractivity contribution >= 4 is 39.7 Å².